The minimum absolute atomic E-state index is 0.126. The molecule has 7 nitrogen and oxygen atoms in total. The molecule has 4 aromatic rings. The molecule has 3 aromatic heterocycles. The second-order valence-corrected chi connectivity index (χ2v) is 7.22. The van der Waals surface area contributed by atoms with Crippen LogP contribution in [0.5, 0.6) is 0 Å². The van der Waals surface area contributed by atoms with E-state index in [2.05, 4.69) is 10.3 Å². The van der Waals surface area contributed by atoms with E-state index in [1.54, 1.807) is 18.2 Å². The number of carbonyl (C=O) groups excluding carboxylic acids is 2. The molecular formula is C19H15N3O4S. The van der Waals surface area contributed by atoms with Crippen LogP contribution in [0.2, 0.25) is 0 Å². The van der Waals surface area contributed by atoms with Crippen molar-refractivity contribution in [1.82, 2.24) is 14.9 Å². The van der Waals surface area contributed by atoms with E-state index in [0.29, 0.717) is 22.5 Å². The zero-order valence-electron chi connectivity index (χ0n) is 14.4. The van der Waals surface area contributed by atoms with Gasteiger partial charge in [0.05, 0.1) is 24.3 Å². The molecule has 0 fully saturated rings. The van der Waals surface area contributed by atoms with Gasteiger partial charge < -0.3 is 9.73 Å². The number of amides is 1. The van der Waals surface area contributed by atoms with Gasteiger partial charge in [-0.15, -0.1) is 11.3 Å². The molecule has 3 heterocycles. The molecule has 0 aliphatic heterocycles. The predicted octanol–water partition coefficient (Wildman–Crippen LogP) is 2.72. The molecule has 0 radical (unpaired) electrons. The summed E-state index contributed by atoms with van der Waals surface area (Å²) >= 11 is 1.29. The van der Waals surface area contributed by atoms with Crippen molar-refractivity contribution >= 4 is 45.1 Å². The van der Waals surface area contributed by atoms with Crippen molar-refractivity contribution in [3.05, 3.63) is 62.8 Å². The summed E-state index contributed by atoms with van der Waals surface area (Å²) in [6.45, 7) is 1.69. The molecule has 8 heteroatoms. The molecule has 0 spiro atoms. The van der Waals surface area contributed by atoms with Crippen LogP contribution in [0.15, 0.2) is 51.9 Å². The molecule has 0 atom stereocenters. The Kier molecular flexibility index (Phi) is 4.33. The summed E-state index contributed by atoms with van der Waals surface area (Å²) < 4.78 is 6.88. The van der Waals surface area contributed by atoms with Crippen molar-refractivity contribution in [1.29, 1.82) is 0 Å². The highest BCUT2D eigenvalue weighted by atomic mass is 32.1. The topological polar surface area (TPSA) is 94.2 Å². The van der Waals surface area contributed by atoms with Crippen LogP contribution in [-0.2, 0) is 17.9 Å². The minimum Gasteiger partial charge on any atom is -0.448 e. The maximum absolute atomic E-state index is 12.7. The molecule has 4 rings (SSSR count). The Bertz CT molecular complexity index is 1230. The number of hydrogen-bond acceptors (Lipinski definition) is 6. The van der Waals surface area contributed by atoms with Crippen molar-refractivity contribution in [3.8, 4) is 0 Å². The fourth-order valence-corrected chi connectivity index (χ4v) is 3.67. The third-order valence-electron chi connectivity index (χ3n) is 4.11. The molecule has 1 amide bonds. The summed E-state index contributed by atoms with van der Waals surface area (Å²) in [5.41, 5.74) is 0.832. The molecular weight excluding hydrogens is 366 g/mol. The van der Waals surface area contributed by atoms with E-state index in [4.69, 9.17) is 4.42 Å². The molecule has 1 aromatic carbocycles. The van der Waals surface area contributed by atoms with Crippen LogP contribution in [-0.4, -0.2) is 21.2 Å². The monoisotopic (exact) mass is 381 g/mol. The number of nitrogens with one attached hydrogen (secondary N) is 1. The van der Waals surface area contributed by atoms with Gasteiger partial charge in [-0.1, -0.05) is 12.1 Å². The highest BCUT2D eigenvalue weighted by molar-refractivity contribution is 7.14. The van der Waals surface area contributed by atoms with Gasteiger partial charge in [-0.25, -0.2) is 4.98 Å². The van der Waals surface area contributed by atoms with Crippen LogP contribution in [0.4, 0.5) is 0 Å². The molecule has 0 saturated heterocycles. The smallest absolute Gasteiger partial charge is 0.297 e. The van der Waals surface area contributed by atoms with Gasteiger partial charge in [-0.3, -0.25) is 19.0 Å². The quantitative estimate of drug-likeness (QED) is 0.537. The summed E-state index contributed by atoms with van der Waals surface area (Å²) in [7, 11) is 0. The first-order chi connectivity index (χ1) is 13.0. The van der Waals surface area contributed by atoms with E-state index < -0.39 is 0 Å². The predicted molar refractivity (Wildman–Crippen MR) is 102 cm³/mol. The number of Topliss-reactive ketones (excluding diaryl/α,β-unsaturated/α-hetero) is 1. The summed E-state index contributed by atoms with van der Waals surface area (Å²) in [5, 5.41) is 3.46. The van der Waals surface area contributed by atoms with Gasteiger partial charge in [0.2, 0.25) is 11.5 Å². The van der Waals surface area contributed by atoms with Gasteiger partial charge in [0, 0.05) is 17.2 Å². The molecule has 1 N–H and O–H groups in total. The fourth-order valence-electron chi connectivity index (χ4n) is 2.79. The highest BCUT2D eigenvalue weighted by Crippen LogP contribution is 2.24. The lowest BCUT2D eigenvalue weighted by Crippen LogP contribution is -2.24. The van der Waals surface area contributed by atoms with Crippen molar-refractivity contribution < 1.29 is 14.0 Å². The highest BCUT2D eigenvalue weighted by Gasteiger charge is 2.16. The molecule has 0 unspecified atom stereocenters. The molecule has 0 aliphatic carbocycles. The normalized spacial score (nSPS) is 11.1. The number of carbonyl (C=O) groups is 2. The fraction of sp³-hybridized carbons (Fsp3) is 0.158. The average molecular weight is 381 g/mol. The number of thiophene rings is 1. The summed E-state index contributed by atoms with van der Waals surface area (Å²) in [6, 6.07) is 10.8. The summed E-state index contributed by atoms with van der Waals surface area (Å²) in [4.78, 5) is 41.9. The first-order valence-corrected chi connectivity index (χ1v) is 9.07. The number of fused-ring (bicyclic) bond motifs is 3. The van der Waals surface area contributed by atoms with E-state index in [1.807, 2.05) is 18.2 Å². The van der Waals surface area contributed by atoms with Crippen LogP contribution < -0.4 is 10.9 Å². The maximum Gasteiger partial charge on any atom is 0.297 e. The molecule has 0 bridgehead atoms. The number of hydrogen-bond donors (Lipinski definition) is 1. The third-order valence-corrected chi connectivity index (χ3v) is 5.24. The number of nitrogens with zero attached hydrogens (tertiary/aromatic N) is 2. The van der Waals surface area contributed by atoms with Crippen molar-refractivity contribution in [3.63, 3.8) is 0 Å². The Hall–Kier alpha value is -3.26. The van der Waals surface area contributed by atoms with Gasteiger partial charge in [-0.05, 0) is 24.3 Å². The van der Waals surface area contributed by atoms with Gasteiger partial charge in [0.1, 0.15) is 11.1 Å². The van der Waals surface area contributed by atoms with Crippen LogP contribution in [0.1, 0.15) is 21.5 Å². The maximum atomic E-state index is 12.7. The Balaban J connectivity index is 1.60. The van der Waals surface area contributed by atoms with Crippen LogP contribution >= 0.6 is 11.3 Å². The third kappa shape index (κ3) is 3.26. The lowest BCUT2D eigenvalue weighted by atomic mass is 10.2. The van der Waals surface area contributed by atoms with Crippen LogP contribution in [0.3, 0.4) is 0 Å². The minimum atomic E-state index is -0.389. The van der Waals surface area contributed by atoms with Crippen molar-refractivity contribution in [2.75, 3.05) is 0 Å². The van der Waals surface area contributed by atoms with E-state index >= 15 is 0 Å². The Labute approximate surface area is 157 Å². The lowest BCUT2D eigenvalue weighted by Gasteiger charge is -2.02. The van der Waals surface area contributed by atoms with Gasteiger partial charge in [0.15, 0.2) is 5.78 Å². The number of benzene rings is 1. The number of furan rings is 1. The molecule has 0 saturated carbocycles. The molecule has 0 aliphatic rings. The van der Waals surface area contributed by atoms with Gasteiger partial charge in [0.25, 0.3) is 5.56 Å². The molecule has 27 heavy (non-hydrogen) atoms. The summed E-state index contributed by atoms with van der Waals surface area (Å²) in [6.07, 6.45) is 1.37. The SMILES string of the molecule is CC(=O)NCc1ccc(C(=O)Cn2cnc3c(oc4ccccc43)c2=O)s1. The Morgan fingerprint density at radius 3 is 2.85 bits per heavy atom. The summed E-state index contributed by atoms with van der Waals surface area (Å²) in [5.74, 6) is -0.332. The Morgan fingerprint density at radius 1 is 1.22 bits per heavy atom. The zero-order chi connectivity index (χ0) is 19.0. The number of rotatable bonds is 5. The Morgan fingerprint density at radius 2 is 2.04 bits per heavy atom. The number of aromatic nitrogens is 2. The van der Waals surface area contributed by atoms with Crippen LogP contribution in [0.25, 0.3) is 22.1 Å². The van der Waals surface area contributed by atoms with E-state index in [9.17, 15) is 14.4 Å². The van der Waals surface area contributed by atoms with E-state index in [0.717, 1.165) is 10.3 Å². The van der Waals surface area contributed by atoms with Crippen molar-refractivity contribution in [2.24, 2.45) is 0 Å². The second-order valence-electron chi connectivity index (χ2n) is 6.05. The van der Waals surface area contributed by atoms with Gasteiger partial charge >= 0.3 is 0 Å². The van der Waals surface area contributed by atoms with Crippen LogP contribution in [0, 0.1) is 0 Å². The number of ketones is 1. The second kappa shape index (κ2) is 6.81. The van der Waals surface area contributed by atoms with E-state index in [-0.39, 0.29) is 29.4 Å². The largest absolute Gasteiger partial charge is 0.448 e. The molecule has 136 valence electrons. The first kappa shape index (κ1) is 17.2. The van der Waals surface area contributed by atoms with Gasteiger partial charge in [-0.2, -0.15) is 0 Å². The first-order valence-electron chi connectivity index (χ1n) is 8.26. The standard InChI is InChI=1S/C19H15N3O4S/c1-11(23)20-8-12-6-7-16(27-12)14(24)9-22-10-21-17-13-4-2-3-5-15(13)26-18(17)19(22)25/h2-7,10H,8-9H2,1H3,(H,20,23). The number of para-hydroxylation sites is 1. The average Bonchev–Trinajstić information content (AvgIpc) is 3.27. The lowest BCUT2D eigenvalue weighted by molar-refractivity contribution is -0.119. The van der Waals surface area contributed by atoms with E-state index in [1.165, 1.54) is 29.2 Å². The zero-order valence-corrected chi connectivity index (χ0v) is 15.2. The van der Waals surface area contributed by atoms with Crippen molar-refractivity contribution in [2.45, 2.75) is 20.0 Å².